The third kappa shape index (κ3) is 2.29. The molecule has 5 nitrogen and oxygen atoms in total. The minimum atomic E-state index is -0.396. The molecule has 5 heteroatoms. The van der Waals surface area contributed by atoms with Gasteiger partial charge >= 0.3 is 0 Å². The van der Waals surface area contributed by atoms with Crippen LogP contribution in [0, 0.1) is 16.0 Å². The van der Waals surface area contributed by atoms with Gasteiger partial charge in [0.2, 0.25) is 0 Å². The molecule has 1 unspecified atom stereocenters. The van der Waals surface area contributed by atoms with Crippen LogP contribution in [0.15, 0.2) is 30.5 Å². The average molecular weight is 234 g/mol. The summed E-state index contributed by atoms with van der Waals surface area (Å²) in [5.41, 5.74) is 1.06. The second-order valence-corrected chi connectivity index (χ2v) is 4.26. The first-order chi connectivity index (χ1) is 8.11. The standard InChI is InChI=1S/C12H14N2O3/c1-9(8-15)7-13-5-4-10-6-11(14(16)17)2-3-12(10)13/h2-6,9,15H,7-8H2,1H3. The van der Waals surface area contributed by atoms with E-state index in [2.05, 4.69) is 0 Å². The SMILES string of the molecule is CC(CO)Cn1ccc2cc([N+](=O)[O-])ccc21. The lowest BCUT2D eigenvalue weighted by molar-refractivity contribution is -0.384. The fraction of sp³-hybridized carbons (Fsp3) is 0.333. The Morgan fingerprint density at radius 2 is 2.24 bits per heavy atom. The monoisotopic (exact) mass is 234 g/mol. The lowest BCUT2D eigenvalue weighted by atomic mass is 10.2. The molecule has 0 radical (unpaired) electrons. The fourth-order valence-electron chi connectivity index (χ4n) is 1.85. The number of hydrogen-bond acceptors (Lipinski definition) is 3. The van der Waals surface area contributed by atoms with Gasteiger partial charge in [-0.05, 0) is 18.1 Å². The molecule has 17 heavy (non-hydrogen) atoms. The quantitative estimate of drug-likeness (QED) is 0.651. The van der Waals surface area contributed by atoms with E-state index in [0.29, 0.717) is 6.54 Å². The summed E-state index contributed by atoms with van der Waals surface area (Å²) in [5, 5.41) is 20.5. The van der Waals surface area contributed by atoms with Gasteiger partial charge in [0.15, 0.2) is 0 Å². The molecule has 0 bridgehead atoms. The lowest BCUT2D eigenvalue weighted by Crippen LogP contribution is -2.09. The molecule has 0 amide bonds. The van der Waals surface area contributed by atoms with Gasteiger partial charge in [0, 0.05) is 42.4 Å². The number of aliphatic hydroxyl groups is 1. The van der Waals surface area contributed by atoms with Crippen molar-refractivity contribution in [1.29, 1.82) is 0 Å². The van der Waals surface area contributed by atoms with Crippen LogP contribution in [0.1, 0.15) is 6.92 Å². The van der Waals surface area contributed by atoms with Gasteiger partial charge in [-0.15, -0.1) is 0 Å². The summed E-state index contributed by atoms with van der Waals surface area (Å²) < 4.78 is 2.00. The zero-order chi connectivity index (χ0) is 12.4. The van der Waals surface area contributed by atoms with Crippen LogP contribution in [0.2, 0.25) is 0 Å². The summed E-state index contributed by atoms with van der Waals surface area (Å²) in [4.78, 5) is 10.2. The fourth-order valence-corrected chi connectivity index (χ4v) is 1.85. The number of nitro benzene ring substituents is 1. The summed E-state index contributed by atoms with van der Waals surface area (Å²) in [7, 11) is 0. The number of fused-ring (bicyclic) bond motifs is 1. The molecule has 0 aliphatic carbocycles. The molecule has 2 aromatic rings. The van der Waals surface area contributed by atoms with Crippen LogP contribution in [-0.2, 0) is 6.54 Å². The van der Waals surface area contributed by atoms with E-state index in [-0.39, 0.29) is 18.2 Å². The lowest BCUT2D eigenvalue weighted by Gasteiger charge is -2.10. The van der Waals surface area contributed by atoms with Crippen LogP contribution in [0.3, 0.4) is 0 Å². The zero-order valence-corrected chi connectivity index (χ0v) is 9.54. The number of aliphatic hydroxyl groups excluding tert-OH is 1. The van der Waals surface area contributed by atoms with Crippen molar-refractivity contribution >= 4 is 16.6 Å². The minimum absolute atomic E-state index is 0.102. The first kappa shape index (κ1) is 11.6. The molecule has 0 spiro atoms. The maximum Gasteiger partial charge on any atom is 0.270 e. The Kier molecular flexibility index (Phi) is 3.10. The number of aromatic nitrogens is 1. The summed E-state index contributed by atoms with van der Waals surface area (Å²) >= 11 is 0. The number of non-ortho nitro benzene ring substituents is 1. The van der Waals surface area contributed by atoms with E-state index in [1.54, 1.807) is 12.1 Å². The predicted octanol–water partition coefficient (Wildman–Crippen LogP) is 2.18. The smallest absolute Gasteiger partial charge is 0.270 e. The van der Waals surface area contributed by atoms with Crippen molar-refractivity contribution in [1.82, 2.24) is 4.57 Å². The van der Waals surface area contributed by atoms with Crippen molar-refractivity contribution in [3.8, 4) is 0 Å². The number of rotatable bonds is 4. The second-order valence-electron chi connectivity index (χ2n) is 4.26. The first-order valence-electron chi connectivity index (χ1n) is 5.46. The van der Waals surface area contributed by atoms with Gasteiger partial charge < -0.3 is 9.67 Å². The van der Waals surface area contributed by atoms with Gasteiger partial charge in [-0.25, -0.2) is 0 Å². The van der Waals surface area contributed by atoms with Gasteiger partial charge in [-0.3, -0.25) is 10.1 Å². The summed E-state index contributed by atoms with van der Waals surface area (Å²) in [6.07, 6.45) is 1.89. The molecule has 90 valence electrons. The Labute approximate surface area is 98.4 Å². The number of nitrogens with zero attached hydrogens (tertiary/aromatic N) is 2. The van der Waals surface area contributed by atoms with E-state index in [4.69, 9.17) is 5.11 Å². The highest BCUT2D eigenvalue weighted by Gasteiger charge is 2.09. The van der Waals surface area contributed by atoms with E-state index in [1.165, 1.54) is 6.07 Å². The first-order valence-corrected chi connectivity index (χ1v) is 5.46. The third-order valence-electron chi connectivity index (χ3n) is 2.79. The molecular weight excluding hydrogens is 220 g/mol. The van der Waals surface area contributed by atoms with Crippen LogP contribution in [0.4, 0.5) is 5.69 Å². The maximum atomic E-state index is 10.6. The van der Waals surface area contributed by atoms with Gasteiger partial charge in [0.1, 0.15) is 0 Å². The van der Waals surface area contributed by atoms with E-state index in [1.807, 2.05) is 23.8 Å². The number of hydrogen-bond donors (Lipinski definition) is 1. The number of nitro groups is 1. The third-order valence-corrected chi connectivity index (χ3v) is 2.79. The van der Waals surface area contributed by atoms with E-state index >= 15 is 0 Å². The highest BCUT2D eigenvalue weighted by molar-refractivity contribution is 5.82. The number of benzene rings is 1. The van der Waals surface area contributed by atoms with Gasteiger partial charge in [-0.1, -0.05) is 6.92 Å². The molecule has 0 saturated carbocycles. The molecule has 1 aromatic heterocycles. The molecule has 1 heterocycles. The predicted molar refractivity (Wildman–Crippen MR) is 64.8 cm³/mol. The van der Waals surface area contributed by atoms with Gasteiger partial charge in [0.05, 0.1) is 4.92 Å². The normalized spacial score (nSPS) is 12.8. The van der Waals surface area contributed by atoms with Crippen molar-refractivity contribution < 1.29 is 10.0 Å². The minimum Gasteiger partial charge on any atom is -0.396 e. The molecule has 0 aliphatic heterocycles. The summed E-state index contributed by atoms with van der Waals surface area (Å²) in [6.45, 7) is 2.79. The zero-order valence-electron chi connectivity index (χ0n) is 9.54. The molecule has 2 rings (SSSR count). The average Bonchev–Trinajstić information content (AvgIpc) is 2.71. The topological polar surface area (TPSA) is 68.3 Å². The van der Waals surface area contributed by atoms with Crippen LogP contribution >= 0.6 is 0 Å². The summed E-state index contributed by atoms with van der Waals surface area (Å²) in [6, 6.07) is 6.67. The largest absolute Gasteiger partial charge is 0.396 e. The Bertz CT molecular complexity index is 548. The summed E-state index contributed by atoms with van der Waals surface area (Å²) in [5.74, 6) is 0.167. The highest BCUT2D eigenvalue weighted by atomic mass is 16.6. The van der Waals surface area contributed by atoms with Crippen LogP contribution in [0.25, 0.3) is 10.9 Å². The molecular formula is C12H14N2O3. The Hall–Kier alpha value is -1.88. The van der Waals surface area contributed by atoms with Gasteiger partial charge in [0.25, 0.3) is 5.69 Å². The van der Waals surface area contributed by atoms with Crippen molar-refractivity contribution in [3.63, 3.8) is 0 Å². The van der Waals surface area contributed by atoms with Gasteiger partial charge in [-0.2, -0.15) is 0 Å². The van der Waals surface area contributed by atoms with Crippen molar-refractivity contribution in [2.24, 2.45) is 5.92 Å². The maximum absolute atomic E-state index is 10.6. The Balaban J connectivity index is 2.38. The van der Waals surface area contributed by atoms with E-state index in [9.17, 15) is 10.1 Å². The molecule has 0 fully saturated rings. The molecule has 1 aromatic carbocycles. The van der Waals surface area contributed by atoms with Crippen LogP contribution in [-0.4, -0.2) is 21.2 Å². The molecule has 0 saturated heterocycles. The Morgan fingerprint density at radius 3 is 2.88 bits per heavy atom. The van der Waals surface area contributed by atoms with E-state index < -0.39 is 4.92 Å². The van der Waals surface area contributed by atoms with E-state index in [0.717, 1.165) is 10.9 Å². The molecule has 0 aliphatic rings. The van der Waals surface area contributed by atoms with Crippen LogP contribution in [0.5, 0.6) is 0 Å². The van der Waals surface area contributed by atoms with Crippen molar-refractivity contribution in [2.45, 2.75) is 13.5 Å². The van der Waals surface area contributed by atoms with Crippen LogP contribution < -0.4 is 0 Å². The van der Waals surface area contributed by atoms with Crippen molar-refractivity contribution in [3.05, 3.63) is 40.6 Å². The Morgan fingerprint density at radius 1 is 1.47 bits per heavy atom. The van der Waals surface area contributed by atoms with Crippen molar-refractivity contribution in [2.75, 3.05) is 6.61 Å². The highest BCUT2D eigenvalue weighted by Crippen LogP contribution is 2.22. The molecule has 1 N–H and O–H groups in total. The molecule has 1 atom stereocenters. The second kappa shape index (κ2) is 4.55.